The fraction of sp³-hybridized carbons (Fsp3) is 0.538. The van der Waals surface area contributed by atoms with Gasteiger partial charge in [0.1, 0.15) is 42.0 Å². The molecule has 14 aliphatic rings. The monoisotopic (exact) mass is 805 g/mol. The predicted octanol–water partition coefficient (Wildman–Crippen LogP) is 8.85. The number of benzene rings is 2. The first-order valence-corrected chi connectivity index (χ1v) is 23.4. The summed E-state index contributed by atoms with van der Waals surface area (Å²) in [5.74, 6) is 8.46. The minimum atomic E-state index is -0.113. The molecule has 310 valence electrons. The molecule has 4 heterocycles. The van der Waals surface area contributed by atoms with Gasteiger partial charge < -0.3 is 28.6 Å². The number of carbonyl (C=O) groups is 1. The summed E-state index contributed by atoms with van der Waals surface area (Å²) in [5, 5.41) is 13.0. The van der Waals surface area contributed by atoms with E-state index in [4.69, 9.17) is 18.6 Å². The van der Waals surface area contributed by atoms with Crippen LogP contribution in [-0.4, -0.2) is 63.5 Å². The molecular formula is C52H57N2O6+. The maximum atomic E-state index is 14.4. The molecule has 8 heteroatoms. The van der Waals surface area contributed by atoms with Gasteiger partial charge in [-0.2, -0.15) is 0 Å². The minimum absolute atomic E-state index is 0.0427. The summed E-state index contributed by atoms with van der Waals surface area (Å²) < 4.78 is 27.8. The quantitative estimate of drug-likeness (QED) is 0.204. The number of morpholine rings is 2. The van der Waals surface area contributed by atoms with Crippen molar-refractivity contribution in [3.63, 3.8) is 0 Å². The molecule has 8 nitrogen and oxygen atoms in total. The van der Waals surface area contributed by atoms with Crippen LogP contribution in [0.4, 0.5) is 5.69 Å². The van der Waals surface area contributed by atoms with Crippen LogP contribution in [0.2, 0.25) is 0 Å². The van der Waals surface area contributed by atoms with E-state index in [9.17, 15) is 9.90 Å². The van der Waals surface area contributed by atoms with E-state index in [1.165, 1.54) is 77.0 Å². The summed E-state index contributed by atoms with van der Waals surface area (Å²) in [5.41, 5.74) is 5.83. The Morgan fingerprint density at radius 3 is 1.97 bits per heavy atom. The van der Waals surface area contributed by atoms with Gasteiger partial charge in [-0.15, -0.1) is 0 Å². The zero-order chi connectivity index (χ0) is 39.7. The second-order valence-corrected chi connectivity index (χ2v) is 20.9. The van der Waals surface area contributed by atoms with E-state index in [0.29, 0.717) is 11.1 Å². The fourth-order valence-corrected chi connectivity index (χ4v) is 15.0. The van der Waals surface area contributed by atoms with Crippen LogP contribution < -0.4 is 19.6 Å². The van der Waals surface area contributed by atoms with E-state index >= 15 is 0 Å². The molecule has 1 N–H and O–H groups in total. The molecule has 4 aliphatic heterocycles. The molecule has 0 amide bonds. The lowest BCUT2D eigenvalue weighted by Gasteiger charge is -2.57. The lowest BCUT2D eigenvalue weighted by atomic mass is 9.49. The average Bonchev–Trinajstić information content (AvgIpc) is 3.26. The van der Waals surface area contributed by atoms with E-state index in [2.05, 4.69) is 58.0 Å². The molecule has 0 atom stereocenters. The van der Waals surface area contributed by atoms with Crippen molar-refractivity contribution in [3.8, 4) is 17.1 Å². The van der Waals surface area contributed by atoms with E-state index in [-0.39, 0.29) is 22.4 Å². The number of nitrogens with zero attached hydrogens (tertiary/aromatic N) is 2. The van der Waals surface area contributed by atoms with E-state index in [1.807, 2.05) is 12.2 Å². The molecule has 0 spiro atoms. The maximum Gasteiger partial charge on any atom is 0.203 e. The van der Waals surface area contributed by atoms with Gasteiger partial charge in [-0.1, -0.05) is 0 Å². The highest BCUT2D eigenvalue weighted by Crippen LogP contribution is 2.64. The molecule has 10 aliphatic carbocycles. The highest BCUT2D eigenvalue weighted by atomic mass is 16.5. The molecule has 0 radical (unpaired) electrons. The Bertz CT molecular complexity index is 2410. The van der Waals surface area contributed by atoms with E-state index < -0.39 is 0 Å². The summed E-state index contributed by atoms with van der Waals surface area (Å²) >= 11 is 0. The van der Waals surface area contributed by atoms with Gasteiger partial charge in [0, 0.05) is 52.9 Å². The van der Waals surface area contributed by atoms with Crippen molar-refractivity contribution >= 4 is 23.1 Å². The van der Waals surface area contributed by atoms with Gasteiger partial charge in [0.05, 0.1) is 30.4 Å². The molecule has 8 saturated carbocycles. The van der Waals surface area contributed by atoms with Crippen molar-refractivity contribution in [1.82, 2.24) is 4.58 Å². The molecule has 60 heavy (non-hydrogen) atoms. The Morgan fingerprint density at radius 1 is 0.700 bits per heavy atom. The smallest absolute Gasteiger partial charge is 0.203 e. The van der Waals surface area contributed by atoms with Gasteiger partial charge in [0.25, 0.3) is 0 Å². The summed E-state index contributed by atoms with van der Waals surface area (Å²) in [6.07, 6.45) is 21.4. The number of fused-ring (bicyclic) bond motifs is 2. The number of hydrogen-bond acceptors (Lipinski definition) is 7. The Labute approximate surface area is 352 Å². The number of aliphatic hydroxyl groups excluding tert-OH is 1. The van der Waals surface area contributed by atoms with Crippen LogP contribution in [0.15, 0.2) is 81.7 Å². The van der Waals surface area contributed by atoms with Gasteiger partial charge in [-0.05, 0) is 166 Å². The number of anilines is 1. The predicted molar refractivity (Wildman–Crippen MR) is 230 cm³/mol. The van der Waals surface area contributed by atoms with Crippen LogP contribution in [0.3, 0.4) is 0 Å². The van der Waals surface area contributed by atoms with Gasteiger partial charge in [0.15, 0.2) is 13.1 Å². The second kappa shape index (κ2) is 13.5. The zero-order valence-electron chi connectivity index (χ0n) is 34.8. The summed E-state index contributed by atoms with van der Waals surface area (Å²) in [6.45, 7) is 6.31. The molecular weight excluding hydrogens is 749 g/mol. The minimum Gasteiger partial charge on any atom is -0.506 e. The number of carbonyl (C=O) groups excluding carboxylic acids is 1. The molecule has 15 rings (SSSR count). The van der Waals surface area contributed by atoms with Crippen molar-refractivity contribution in [1.29, 1.82) is 0 Å². The van der Waals surface area contributed by atoms with Crippen LogP contribution in [0.25, 0.3) is 23.0 Å². The van der Waals surface area contributed by atoms with Crippen LogP contribution in [-0.2, 0) is 19.7 Å². The average molecular weight is 806 g/mol. The summed E-state index contributed by atoms with van der Waals surface area (Å²) in [4.78, 5) is 16.8. The third kappa shape index (κ3) is 5.82. The van der Waals surface area contributed by atoms with Gasteiger partial charge in [0.2, 0.25) is 11.1 Å². The topological polar surface area (TPSA) is 84.4 Å². The number of Topliss-reactive ketones (excluding diaryl/α,β-unsaturated/α-hetero) is 1. The maximum absolute atomic E-state index is 14.4. The molecule has 8 bridgehead atoms. The highest BCUT2D eigenvalue weighted by molar-refractivity contribution is 6.24. The number of rotatable bonds is 5. The molecule has 0 aromatic heterocycles. The van der Waals surface area contributed by atoms with Gasteiger partial charge >= 0.3 is 0 Å². The third-order valence-electron chi connectivity index (χ3n) is 17.0. The Kier molecular flexibility index (Phi) is 8.19. The second-order valence-electron chi connectivity index (χ2n) is 20.9. The molecule has 0 unspecified atom stereocenters. The van der Waals surface area contributed by atoms with E-state index in [0.717, 1.165) is 144 Å². The first kappa shape index (κ1) is 36.3. The number of allylic oxidation sites excluding steroid dienone is 6. The standard InChI is InChI=1S/C52H56N2O6/c55-49-43(19-37-21-47(51-25-31-13-32(26-51)15-33(14-31)27-51)59-45-23-39(1-3-41(37)45)53-5-9-57-10-6-53)50(56)44(49)20-38-22-48(52-28-34-16-35(29-52)18-36(17-34)30-52)60-46-24-40(2-4-42(38)46)54-7-11-58-12-8-54/h1-4,19-24,31-36H,5-18,25-30H2/p+1. The molecule has 1 aromatic rings. The zero-order valence-corrected chi connectivity index (χ0v) is 34.8. The summed E-state index contributed by atoms with van der Waals surface area (Å²) in [7, 11) is 0. The van der Waals surface area contributed by atoms with Crippen molar-refractivity contribution < 1.29 is 28.5 Å². The van der Waals surface area contributed by atoms with Crippen molar-refractivity contribution in [2.75, 3.05) is 57.5 Å². The van der Waals surface area contributed by atoms with Crippen LogP contribution in [0.1, 0.15) is 93.9 Å². The van der Waals surface area contributed by atoms with Crippen LogP contribution in [0.5, 0.6) is 5.75 Å². The largest absolute Gasteiger partial charge is 0.506 e. The number of ketones is 1. The SMILES string of the molecule is O=C1C(=Cc2cc(C34CC5CC(CC(C5)C3)C4)oc3cc(=[N+]4CCOCC4)ccc2-3)C(O)=C1C=C1C=C(C23CC4CC(CC(C4)C2)C3)Oc2cc(N3CCOCC3)ccc21. The lowest BCUT2D eigenvalue weighted by Crippen LogP contribution is -2.48. The molecule has 10 fully saturated rings. The van der Waals surface area contributed by atoms with Crippen molar-refractivity contribution in [2.24, 2.45) is 40.9 Å². The van der Waals surface area contributed by atoms with E-state index in [1.54, 1.807) is 0 Å². The van der Waals surface area contributed by atoms with Gasteiger partial charge in [-0.3, -0.25) is 4.79 Å². The lowest BCUT2D eigenvalue weighted by molar-refractivity contribution is -0.113. The summed E-state index contributed by atoms with van der Waals surface area (Å²) in [6, 6.07) is 15.3. The Balaban J connectivity index is 0.906. The Morgan fingerprint density at radius 2 is 1.32 bits per heavy atom. The highest BCUT2D eigenvalue weighted by Gasteiger charge is 2.55. The fourth-order valence-electron chi connectivity index (χ4n) is 15.0. The first-order chi connectivity index (χ1) is 29.3. The van der Waals surface area contributed by atoms with Crippen LogP contribution in [0, 0.1) is 40.9 Å². The number of aliphatic hydroxyl groups is 1. The van der Waals surface area contributed by atoms with Crippen molar-refractivity contribution in [3.05, 3.63) is 99.5 Å². The number of hydrogen-bond donors (Lipinski definition) is 1. The third-order valence-corrected chi connectivity index (χ3v) is 17.0. The van der Waals surface area contributed by atoms with Crippen LogP contribution >= 0.6 is 0 Å². The molecule has 1 aromatic carbocycles. The first-order valence-electron chi connectivity index (χ1n) is 23.4. The number of ether oxygens (including phenoxy) is 3. The Hall–Kier alpha value is -4.40. The molecule has 2 saturated heterocycles. The van der Waals surface area contributed by atoms with Crippen molar-refractivity contribution in [2.45, 2.75) is 82.5 Å². The normalized spacial score (nSPS) is 36.6. The van der Waals surface area contributed by atoms with Gasteiger partial charge in [-0.25, -0.2) is 4.58 Å².